The maximum Gasteiger partial charge on any atom is 0.212 e. The Kier molecular flexibility index (Phi) is 2.49. The molecule has 3 nitrogen and oxygen atoms in total. The molecule has 1 atom stereocenters. The summed E-state index contributed by atoms with van der Waals surface area (Å²) in [4.78, 5) is 4.38. The van der Waals surface area contributed by atoms with Crippen LogP contribution in [0.3, 0.4) is 0 Å². The molecular formula is C12H16N2O. The molecule has 1 heterocycles. The Hall–Kier alpha value is -1.35. The molecule has 0 aliphatic rings. The average molecular weight is 204 g/mol. The number of nitrogens with two attached hydrogens (primary N) is 1. The Morgan fingerprint density at radius 3 is 2.73 bits per heavy atom. The zero-order valence-corrected chi connectivity index (χ0v) is 9.32. The summed E-state index contributed by atoms with van der Waals surface area (Å²) in [7, 11) is 0. The highest BCUT2D eigenvalue weighted by molar-refractivity contribution is 5.73. The minimum Gasteiger partial charge on any atom is -0.439 e. The highest BCUT2D eigenvalue weighted by Gasteiger charge is 2.16. The minimum absolute atomic E-state index is 0.127. The fraction of sp³-hybridized carbons (Fsp3) is 0.417. The van der Waals surface area contributed by atoms with E-state index in [-0.39, 0.29) is 6.04 Å². The van der Waals surface area contributed by atoms with Gasteiger partial charge in [0, 0.05) is 0 Å². The van der Waals surface area contributed by atoms with Crippen LogP contribution >= 0.6 is 0 Å². The second kappa shape index (κ2) is 3.66. The van der Waals surface area contributed by atoms with E-state index in [1.165, 1.54) is 5.56 Å². The van der Waals surface area contributed by atoms with E-state index in [2.05, 4.69) is 18.8 Å². The SMILES string of the molecule is Cc1ccc2nc(C(N)C(C)C)oc2c1. The van der Waals surface area contributed by atoms with Gasteiger partial charge >= 0.3 is 0 Å². The van der Waals surface area contributed by atoms with Gasteiger partial charge in [-0.25, -0.2) is 4.98 Å². The van der Waals surface area contributed by atoms with Crippen molar-refractivity contribution in [3.63, 3.8) is 0 Å². The first kappa shape index (κ1) is 10.2. The summed E-state index contributed by atoms with van der Waals surface area (Å²) < 4.78 is 5.64. The maximum absolute atomic E-state index is 5.98. The molecule has 0 radical (unpaired) electrons. The number of aryl methyl sites for hydroxylation is 1. The number of nitrogens with zero attached hydrogens (tertiary/aromatic N) is 1. The Bertz CT molecular complexity index is 473. The van der Waals surface area contributed by atoms with Crippen molar-refractivity contribution < 1.29 is 4.42 Å². The van der Waals surface area contributed by atoms with E-state index in [0.717, 1.165) is 11.1 Å². The zero-order valence-electron chi connectivity index (χ0n) is 9.32. The summed E-state index contributed by atoms with van der Waals surface area (Å²) in [6, 6.07) is 5.84. The number of hydrogen-bond acceptors (Lipinski definition) is 3. The van der Waals surface area contributed by atoms with Gasteiger partial charge < -0.3 is 10.2 Å². The Labute approximate surface area is 89.3 Å². The van der Waals surface area contributed by atoms with Crippen LogP contribution in [-0.2, 0) is 0 Å². The molecule has 3 heteroatoms. The lowest BCUT2D eigenvalue weighted by molar-refractivity contribution is 0.403. The largest absolute Gasteiger partial charge is 0.439 e. The van der Waals surface area contributed by atoms with Crippen LogP contribution in [0.2, 0.25) is 0 Å². The molecule has 1 aromatic carbocycles. The van der Waals surface area contributed by atoms with Crippen molar-refractivity contribution >= 4 is 11.1 Å². The summed E-state index contributed by atoms with van der Waals surface area (Å²) >= 11 is 0. The third kappa shape index (κ3) is 1.88. The molecule has 0 fully saturated rings. The summed E-state index contributed by atoms with van der Waals surface area (Å²) in [5.74, 6) is 0.963. The average Bonchev–Trinajstić information content (AvgIpc) is 2.58. The van der Waals surface area contributed by atoms with Gasteiger partial charge in [-0.05, 0) is 30.5 Å². The Morgan fingerprint density at radius 2 is 2.07 bits per heavy atom. The number of fused-ring (bicyclic) bond motifs is 1. The van der Waals surface area contributed by atoms with Crippen LogP contribution in [0.1, 0.15) is 31.3 Å². The highest BCUT2D eigenvalue weighted by atomic mass is 16.3. The van der Waals surface area contributed by atoms with Crippen molar-refractivity contribution in [2.45, 2.75) is 26.8 Å². The molecule has 15 heavy (non-hydrogen) atoms. The van der Waals surface area contributed by atoms with Crippen molar-refractivity contribution in [1.82, 2.24) is 4.98 Å². The molecule has 0 spiro atoms. The summed E-state index contributed by atoms with van der Waals surface area (Å²) in [6.45, 7) is 6.15. The van der Waals surface area contributed by atoms with Gasteiger partial charge in [-0.2, -0.15) is 0 Å². The van der Waals surface area contributed by atoms with Crippen LogP contribution in [0, 0.1) is 12.8 Å². The van der Waals surface area contributed by atoms with Crippen LogP contribution in [0.5, 0.6) is 0 Å². The maximum atomic E-state index is 5.98. The number of benzene rings is 1. The van der Waals surface area contributed by atoms with Gasteiger partial charge in [0.1, 0.15) is 5.52 Å². The first-order chi connectivity index (χ1) is 7.08. The molecule has 2 aromatic rings. The molecule has 0 amide bonds. The molecule has 2 rings (SSSR count). The summed E-state index contributed by atoms with van der Waals surface area (Å²) in [6.07, 6.45) is 0. The molecule has 0 saturated heterocycles. The second-order valence-corrected chi connectivity index (χ2v) is 4.29. The molecule has 80 valence electrons. The van der Waals surface area contributed by atoms with Gasteiger partial charge in [-0.15, -0.1) is 0 Å². The van der Waals surface area contributed by atoms with E-state index >= 15 is 0 Å². The quantitative estimate of drug-likeness (QED) is 0.818. The van der Waals surface area contributed by atoms with E-state index in [4.69, 9.17) is 10.2 Å². The fourth-order valence-electron chi connectivity index (χ4n) is 1.48. The van der Waals surface area contributed by atoms with Gasteiger partial charge in [-0.3, -0.25) is 0 Å². The topological polar surface area (TPSA) is 52.0 Å². The first-order valence-corrected chi connectivity index (χ1v) is 5.20. The van der Waals surface area contributed by atoms with Gasteiger partial charge in [-0.1, -0.05) is 19.9 Å². The van der Waals surface area contributed by atoms with Crippen molar-refractivity contribution in [3.05, 3.63) is 29.7 Å². The van der Waals surface area contributed by atoms with E-state index in [0.29, 0.717) is 11.8 Å². The standard InChI is InChI=1S/C12H16N2O/c1-7(2)11(13)12-14-9-5-4-8(3)6-10(9)15-12/h4-7,11H,13H2,1-3H3. The number of aromatic nitrogens is 1. The van der Waals surface area contributed by atoms with E-state index in [9.17, 15) is 0 Å². The molecule has 1 unspecified atom stereocenters. The molecule has 0 bridgehead atoms. The highest BCUT2D eigenvalue weighted by Crippen LogP contribution is 2.23. The van der Waals surface area contributed by atoms with Crippen molar-refractivity contribution in [1.29, 1.82) is 0 Å². The van der Waals surface area contributed by atoms with Gasteiger partial charge in [0.15, 0.2) is 5.58 Å². The zero-order chi connectivity index (χ0) is 11.0. The van der Waals surface area contributed by atoms with Crippen LogP contribution in [-0.4, -0.2) is 4.98 Å². The van der Waals surface area contributed by atoms with Gasteiger partial charge in [0.25, 0.3) is 0 Å². The Morgan fingerprint density at radius 1 is 1.33 bits per heavy atom. The lowest BCUT2D eigenvalue weighted by atomic mass is 10.1. The fourth-order valence-corrected chi connectivity index (χ4v) is 1.48. The molecule has 0 saturated carbocycles. The van der Waals surface area contributed by atoms with Crippen molar-refractivity contribution in [2.75, 3.05) is 0 Å². The number of hydrogen-bond donors (Lipinski definition) is 1. The van der Waals surface area contributed by atoms with Crippen molar-refractivity contribution in [2.24, 2.45) is 11.7 Å². The predicted octanol–water partition coefficient (Wildman–Crippen LogP) is 2.79. The van der Waals surface area contributed by atoms with Crippen LogP contribution in [0.15, 0.2) is 22.6 Å². The number of rotatable bonds is 2. The number of oxazole rings is 1. The first-order valence-electron chi connectivity index (χ1n) is 5.20. The lowest BCUT2D eigenvalue weighted by Gasteiger charge is -2.10. The van der Waals surface area contributed by atoms with E-state index < -0.39 is 0 Å². The molecule has 0 aliphatic heterocycles. The predicted molar refractivity (Wildman–Crippen MR) is 60.5 cm³/mol. The smallest absolute Gasteiger partial charge is 0.212 e. The van der Waals surface area contributed by atoms with Crippen LogP contribution in [0.25, 0.3) is 11.1 Å². The van der Waals surface area contributed by atoms with Gasteiger partial charge in [0.05, 0.1) is 6.04 Å². The molecule has 0 aliphatic carbocycles. The monoisotopic (exact) mass is 204 g/mol. The molecule has 2 N–H and O–H groups in total. The van der Waals surface area contributed by atoms with Crippen molar-refractivity contribution in [3.8, 4) is 0 Å². The molecular weight excluding hydrogens is 188 g/mol. The molecule has 1 aromatic heterocycles. The minimum atomic E-state index is -0.127. The lowest BCUT2D eigenvalue weighted by Crippen LogP contribution is -2.16. The third-order valence-electron chi connectivity index (χ3n) is 2.56. The van der Waals surface area contributed by atoms with E-state index in [1.54, 1.807) is 0 Å². The van der Waals surface area contributed by atoms with E-state index in [1.807, 2.05) is 25.1 Å². The van der Waals surface area contributed by atoms with Gasteiger partial charge in [0.2, 0.25) is 5.89 Å². The van der Waals surface area contributed by atoms with Crippen LogP contribution < -0.4 is 5.73 Å². The summed E-state index contributed by atoms with van der Waals surface area (Å²) in [5, 5.41) is 0. The Balaban J connectivity index is 2.47. The summed E-state index contributed by atoms with van der Waals surface area (Å²) in [5.41, 5.74) is 8.85. The normalized spacial score (nSPS) is 13.7. The second-order valence-electron chi connectivity index (χ2n) is 4.29. The van der Waals surface area contributed by atoms with Crippen LogP contribution in [0.4, 0.5) is 0 Å². The third-order valence-corrected chi connectivity index (χ3v) is 2.56.